The highest BCUT2D eigenvalue weighted by atomic mass is 16.5. The number of imide groups is 1. The number of allylic oxidation sites excluding steroid dienone is 1. The Labute approximate surface area is 380 Å². The van der Waals surface area contributed by atoms with Gasteiger partial charge in [0.2, 0.25) is 17.8 Å². The van der Waals surface area contributed by atoms with E-state index in [9.17, 15) is 19.5 Å². The van der Waals surface area contributed by atoms with E-state index in [1.165, 1.54) is 0 Å². The van der Waals surface area contributed by atoms with Crippen LogP contribution in [0, 0.1) is 0 Å². The van der Waals surface area contributed by atoms with E-state index in [1.807, 2.05) is 49.4 Å². The molecule has 0 radical (unpaired) electrons. The molecule has 7 heterocycles. The number of hydrogen-bond donors (Lipinski definition) is 5. The SMILES string of the molecule is C=CCn1c(=O)c2cnc(Nc3ccc(NCCNC4CCN(C5CC(n6ccc7c8c(C9CCC(=O)NC9=O)noc8ccc76)C5)CC4)cc3)nc2n1-c1ccc2c(n1)[C@@](O)(CC)CC2. The van der Waals surface area contributed by atoms with Crippen molar-refractivity contribution in [2.45, 2.75) is 101 Å². The Kier molecular flexibility index (Phi) is 10.8. The lowest BCUT2D eigenvalue weighted by Crippen LogP contribution is -2.51. The van der Waals surface area contributed by atoms with E-state index in [1.54, 1.807) is 21.6 Å². The van der Waals surface area contributed by atoms with Gasteiger partial charge in [0.1, 0.15) is 16.7 Å². The van der Waals surface area contributed by atoms with Gasteiger partial charge in [0.25, 0.3) is 5.56 Å². The van der Waals surface area contributed by atoms with Gasteiger partial charge in [0.15, 0.2) is 17.0 Å². The van der Waals surface area contributed by atoms with Gasteiger partial charge in [-0.2, -0.15) is 4.98 Å². The Bertz CT molecular complexity index is 3060. The summed E-state index contributed by atoms with van der Waals surface area (Å²) in [4.78, 5) is 54.8. The van der Waals surface area contributed by atoms with Crippen LogP contribution in [0.3, 0.4) is 0 Å². The summed E-state index contributed by atoms with van der Waals surface area (Å²) in [7, 11) is 0. The lowest BCUT2D eigenvalue weighted by atomic mass is 9.83. The number of rotatable bonds is 14. The van der Waals surface area contributed by atoms with E-state index in [0.29, 0.717) is 83.6 Å². The van der Waals surface area contributed by atoms with Crippen molar-refractivity contribution < 1.29 is 19.2 Å². The second kappa shape index (κ2) is 16.9. The number of carbonyl (C=O) groups excluding carboxylic acids is 2. The molecule has 66 heavy (non-hydrogen) atoms. The van der Waals surface area contributed by atoms with Crippen molar-refractivity contribution in [3.63, 3.8) is 0 Å². The fraction of sp³-hybridized carbons (Fsp3) is 0.408. The molecule has 1 unspecified atom stereocenters. The molecule has 1 saturated carbocycles. The van der Waals surface area contributed by atoms with E-state index in [2.05, 4.69) is 65.8 Å². The van der Waals surface area contributed by atoms with Crippen LogP contribution in [0.4, 0.5) is 17.3 Å². The maximum atomic E-state index is 13.5. The topological polar surface area (TPSA) is 202 Å². The number of pyridine rings is 1. The number of hydrogen-bond acceptors (Lipinski definition) is 13. The molecule has 17 heteroatoms. The average molecular weight is 891 g/mol. The normalized spacial score (nSPS) is 22.5. The number of aliphatic hydroxyl groups is 1. The van der Waals surface area contributed by atoms with E-state index in [0.717, 1.165) is 91.5 Å². The molecular weight excluding hydrogens is 837 g/mol. The van der Waals surface area contributed by atoms with Gasteiger partial charge in [-0.05, 0) is 119 Å². The zero-order valence-corrected chi connectivity index (χ0v) is 37.0. The number of fused-ring (bicyclic) bond motifs is 5. The summed E-state index contributed by atoms with van der Waals surface area (Å²) in [5.74, 6) is -0.187. The van der Waals surface area contributed by atoms with Gasteiger partial charge in [-0.1, -0.05) is 24.2 Å². The molecule has 0 bridgehead atoms. The molecule has 7 aromatic rings. The molecular formula is C49H54N12O5. The third-order valence-corrected chi connectivity index (χ3v) is 14.5. The molecule has 340 valence electrons. The predicted octanol–water partition coefficient (Wildman–Crippen LogP) is 5.94. The number of piperidine rings is 2. The fourth-order valence-corrected chi connectivity index (χ4v) is 10.7. The third kappa shape index (κ3) is 7.44. The van der Waals surface area contributed by atoms with Crippen molar-refractivity contribution >= 4 is 62.0 Å². The van der Waals surface area contributed by atoms with Crippen LogP contribution in [0.1, 0.15) is 87.2 Å². The fourth-order valence-electron chi connectivity index (χ4n) is 10.7. The van der Waals surface area contributed by atoms with Crippen molar-refractivity contribution in [1.82, 2.24) is 49.6 Å². The maximum Gasteiger partial charge on any atom is 0.278 e. The van der Waals surface area contributed by atoms with Gasteiger partial charge in [-0.25, -0.2) is 19.3 Å². The average Bonchev–Trinajstić information content (AvgIpc) is 4.09. The quantitative estimate of drug-likeness (QED) is 0.0489. The maximum absolute atomic E-state index is 13.5. The van der Waals surface area contributed by atoms with Crippen LogP contribution in [0.25, 0.3) is 38.7 Å². The van der Waals surface area contributed by atoms with Crippen LogP contribution in [-0.4, -0.2) is 94.1 Å². The van der Waals surface area contributed by atoms with Crippen LogP contribution in [0.15, 0.2) is 89.0 Å². The van der Waals surface area contributed by atoms with Crippen LogP contribution in [-0.2, 0) is 28.2 Å². The van der Waals surface area contributed by atoms with Gasteiger partial charge in [0.05, 0.1) is 23.5 Å². The Balaban J connectivity index is 0.657. The third-order valence-electron chi connectivity index (χ3n) is 14.5. The molecule has 2 saturated heterocycles. The minimum atomic E-state index is -0.994. The molecule has 2 aliphatic carbocycles. The minimum Gasteiger partial charge on any atom is -0.384 e. The molecule has 0 spiro atoms. The summed E-state index contributed by atoms with van der Waals surface area (Å²) in [5.41, 5.74) is 5.07. The number of benzene rings is 2. The lowest BCUT2D eigenvalue weighted by Gasteiger charge is -2.46. The molecule has 2 amide bonds. The summed E-state index contributed by atoms with van der Waals surface area (Å²) in [6.07, 6.45) is 12.5. The first-order valence-corrected chi connectivity index (χ1v) is 23.3. The molecule has 5 N–H and O–H groups in total. The number of likely N-dealkylation sites (tertiary alicyclic amines) is 1. The van der Waals surface area contributed by atoms with Crippen LogP contribution >= 0.6 is 0 Å². The lowest BCUT2D eigenvalue weighted by molar-refractivity contribution is -0.134. The smallest absolute Gasteiger partial charge is 0.278 e. The Morgan fingerprint density at radius 1 is 0.939 bits per heavy atom. The number of anilines is 3. The van der Waals surface area contributed by atoms with E-state index < -0.39 is 11.5 Å². The van der Waals surface area contributed by atoms with Gasteiger partial charge < -0.3 is 35.0 Å². The minimum absolute atomic E-state index is 0.239. The predicted molar refractivity (Wildman–Crippen MR) is 251 cm³/mol. The van der Waals surface area contributed by atoms with Crippen molar-refractivity contribution in [1.29, 1.82) is 0 Å². The highest BCUT2D eigenvalue weighted by Crippen LogP contribution is 2.42. The van der Waals surface area contributed by atoms with Gasteiger partial charge in [-0.3, -0.25) is 19.7 Å². The summed E-state index contributed by atoms with van der Waals surface area (Å²) in [6.45, 7) is 9.90. The number of nitrogens with one attached hydrogen (secondary N) is 4. The van der Waals surface area contributed by atoms with Crippen molar-refractivity contribution in [3.8, 4) is 5.82 Å². The molecule has 11 rings (SSSR count). The number of nitrogens with zero attached hydrogens (tertiary/aromatic N) is 8. The monoisotopic (exact) mass is 890 g/mol. The Hall–Kier alpha value is -6.69. The van der Waals surface area contributed by atoms with E-state index in [-0.39, 0.29) is 23.9 Å². The molecule has 2 aliphatic heterocycles. The highest BCUT2D eigenvalue weighted by Gasteiger charge is 2.39. The van der Waals surface area contributed by atoms with Crippen molar-refractivity contribution in [2.24, 2.45) is 0 Å². The number of aryl methyl sites for hydroxylation is 1. The number of carbonyl (C=O) groups is 2. The largest absolute Gasteiger partial charge is 0.384 e. The van der Waals surface area contributed by atoms with Crippen LogP contribution < -0.4 is 26.8 Å². The zero-order valence-electron chi connectivity index (χ0n) is 37.0. The second-order valence-electron chi connectivity index (χ2n) is 18.3. The summed E-state index contributed by atoms with van der Waals surface area (Å²) in [6, 6.07) is 19.5. The van der Waals surface area contributed by atoms with Crippen LogP contribution in [0.2, 0.25) is 0 Å². The first kappa shape index (κ1) is 42.0. The van der Waals surface area contributed by atoms with E-state index >= 15 is 0 Å². The first-order chi connectivity index (χ1) is 32.2. The van der Waals surface area contributed by atoms with E-state index in [4.69, 9.17) is 14.5 Å². The molecule has 2 aromatic carbocycles. The first-order valence-electron chi connectivity index (χ1n) is 23.3. The van der Waals surface area contributed by atoms with Gasteiger partial charge in [0, 0.05) is 72.3 Å². The standard InChI is InChI=1S/C49H54N12O5/c1-3-22-60-47(64)37-28-52-48(56-45(37)61(60)40-13-5-29-15-19-49(65,4-2)44(29)54-40)53-32-8-6-30(7-9-32)50-20-21-51-31-16-23-58(24-17-31)33-26-34(27-33)59-25-18-35-38(59)11-12-39-42(35)43(57-66-39)36-10-14-41(62)55-46(36)63/h3,5-9,11-13,18,25,28,31,33-34,36,50-51,65H,1,4,10,14-17,19-24,26-27H2,2H3,(H,52,53,56)(H,55,62,63)/t33?,34?,36?,49-/m1/s1. The molecule has 3 fully saturated rings. The summed E-state index contributed by atoms with van der Waals surface area (Å²) < 4.78 is 11.3. The van der Waals surface area contributed by atoms with Crippen molar-refractivity contribution in [2.75, 3.05) is 36.8 Å². The summed E-state index contributed by atoms with van der Waals surface area (Å²) in [5, 5.41) is 30.9. The van der Waals surface area contributed by atoms with Gasteiger partial charge in [-0.15, -0.1) is 6.58 Å². The van der Waals surface area contributed by atoms with Gasteiger partial charge >= 0.3 is 0 Å². The van der Waals surface area contributed by atoms with Crippen LogP contribution in [0.5, 0.6) is 0 Å². The highest BCUT2D eigenvalue weighted by molar-refractivity contribution is 6.09. The summed E-state index contributed by atoms with van der Waals surface area (Å²) >= 11 is 0. The molecule has 17 nitrogen and oxygen atoms in total. The Morgan fingerprint density at radius 2 is 1.76 bits per heavy atom. The van der Waals surface area contributed by atoms with Crippen molar-refractivity contribution in [3.05, 3.63) is 107 Å². The molecule has 2 atom stereocenters. The number of aromatic nitrogens is 7. The zero-order chi connectivity index (χ0) is 45.1. The molecule has 5 aromatic heterocycles. The molecule has 4 aliphatic rings. The number of amides is 2. The Morgan fingerprint density at radius 3 is 2.55 bits per heavy atom. The second-order valence-corrected chi connectivity index (χ2v) is 18.3.